The first-order valence-electron chi connectivity index (χ1n) is 5.34. The van der Waals surface area contributed by atoms with Crippen LogP contribution in [-0.4, -0.2) is 12.5 Å². The lowest BCUT2D eigenvalue weighted by molar-refractivity contribution is -0.116. The number of carbonyl (C=O) groups is 1. The van der Waals surface area contributed by atoms with Gasteiger partial charge < -0.3 is 5.32 Å². The van der Waals surface area contributed by atoms with Crippen molar-refractivity contribution in [2.24, 2.45) is 0 Å². The van der Waals surface area contributed by atoms with Crippen molar-refractivity contribution in [1.82, 2.24) is 5.32 Å². The molecule has 13 heavy (non-hydrogen) atoms. The van der Waals surface area contributed by atoms with Crippen molar-refractivity contribution in [1.29, 1.82) is 0 Å². The summed E-state index contributed by atoms with van der Waals surface area (Å²) in [6, 6.07) is 0. The Bertz CT molecular complexity index is 175. The minimum Gasteiger partial charge on any atom is -0.353 e. The summed E-state index contributed by atoms with van der Waals surface area (Å²) in [4.78, 5) is 11.1. The summed E-state index contributed by atoms with van der Waals surface area (Å²) < 4.78 is 0. The topological polar surface area (TPSA) is 29.1 Å². The van der Waals surface area contributed by atoms with Gasteiger partial charge in [-0.2, -0.15) is 0 Å². The zero-order valence-electron chi connectivity index (χ0n) is 8.22. The summed E-state index contributed by atoms with van der Waals surface area (Å²) in [5, 5.41) is 2.87. The van der Waals surface area contributed by atoms with Gasteiger partial charge in [-0.15, -0.1) is 0 Å². The zero-order valence-corrected chi connectivity index (χ0v) is 8.22. The molecule has 0 spiro atoms. The number of hydrogen-bond donors (Lipinski definition) is 1. The van der Waals surface area contributed by atoms with E-state index in [1.54, 1.807) is 6.08 Å². The third kappa shape index (κ3) is 5.45. The van der Waals surface area contributed by atoms with E-state index in [1.807, 2.05) is 6.08 Å². The van der Waals surface area contributed by atoms with Crippen LogP contribution in [0.4, 0.5) is 0 Å². The van der Waals surface area contributed by atoms with Gasteiger partial charge in [-0.05, 0) is 25.3 Å². The maximum Gasteiger partial charge on any atom is 0.243 e. The molecule has 0 saturated heterocycles. The molecule has 2 nitrogen and oxygen atoms in total. The van der Waals surface area contributed by atoms with E-state index in [-0.39, 0.29) is 5.91 Å². The molecule has 1 heterocycles. The molecule has 2 heteroatoms. The zero-order chi connectivity index (χ0) is 9.36. The van der Waals surface area contributed by atoms with Gasteiger partial charge in [0.25, 0.3) is 0 Å². The Labute approximate surface area is 80.4 Å². The molecule has 0 bridgehead atoms. The first kappa shape index (κ1) is 10.3. The van der Waals surface area contributed by atoms with E-state index in [4.69, 9.17) is 0 Å². The van der Waals surface area contributed by atoms with E-state index in [0.717, 1.165) is 19.4 Å². The monoisotopic (exact) mass is 181 g/mol. The van der Waals surface area contributed by atoms with Crippen LogP contribution in [0.25, 0.3) is 0 Å². The lowest BCUT2D eigenvalue weighted by Gasteiger charge is -2.04. The summed E-state index contributed by atoms with van der Waals surface area (Å²) in [7, 11) is 0. The number of carbonyl (C=O) groups excluding carboxylic acids is 1. The number of allylic oxidation sites excluding steroid dienone is 1. The van der Waals surface area contributed by atoms with Crippen LogP contribution in [0, 0.1) is 0 Å². The molecular weight excluding hydrogens is 162 g/mol. The Morgan fingerprint density at radius 3 is 2.54 bits per heavy atom. The quantitative estimate of drug-likeness (QED) is 0.611. The molecule has 1 rings (SSSR count). The van der Waals surface area contributed by atoms with Crippen LogP contribution in [-0.2, 0) is 4.79 Å². The number of amides is 1. The van der Waals surface area contributed by atoms with Crippen molar-refractivity contribution in [3.63, 3.8) is 0 Å². The highest BCUT2D eigenvalue weighted by molar-refractivity contribution is 5.87. The van der Waals surface area contributed by atoms with Crippen molar-refractivity contribution in [3.8, 4) is 0 Å². The van der Waals surface area contributed by atoms with Gasteiger partial charge in [0.2, 0.25) is 5.91 Å². The van der Waals surface area contributed by atoms with Gasteiger partial charge in [0.15, 0.2) is 0 Å². The molecular formula is C11H19NO. The van der Waals surface area contributed by atoms with Crippen molar-refractivity contribution < 1.29 is 4.79 Å². The fourth-order valence-electron chi connectivity index (χ4n) is 1.56. The second-order valence-electron chi connectivity index (χ2n) is 3.60. The second-order valence-corrected chi connectivity index (χ2v) is 3.60. The second kappa shape index (κ2) is 6.70. The first-order chi connectivity index (χ1) is 6.39. The van der Waals surface area contributed by atoms with Gasteiger partial charge >= 0.3 is 0 Å². The van der Waals surface area contributed by atoms with Gasteiger partial charge in [-0.25, -0.2) is 0 Å². The Morgan fingerprint density at radius 2 is 1.69 bits per heavy atom. The highest BCUT2D eigenvalue weighted by Gasteiger charge is 1.96. The van der Waals surface area contributed by atoms with E-state index >= 15 is 0 Å². The molecule has 0 unspecified atom stereocenters. The van der Waals surface area contributed by atoms with E-state index in [2.05, 4.69) is 5.32 Å². The fourth-order valence-corrected chi connectivity index (χ4v) is 1.56. The number of nitrogens with one attached hydrogen (secondary N) is 1. The predicted octanol–water partition coefficient (Wildman–Crippen LogP) is 2.40. The van der Waals surface area contributed by atoms with E-state index in [1.165, 1.54) is 32.1 Å². The Kier molecular flexibility index (Phi) is 5.30. The lowest BCUT2D eigenvalue weighted by Crippen LogP contribution is -2.22. The number of rotatable bonds is 0. The van der Waals surface area contributed by atoms with Crippen LogP contribution in [0.2, 0.25) is 0 Å². The standard InChI is InChI=1S/C11H19NO/c13-11-9-7-5-3-1-2-4-6-8-10-12-11/h7,9H,1-6,8,10H2,(H,12,13). The van der Waals surface area contributed by atoms with Crippen LogP contribution in [0.15, 0.2) is 12.2 Å². The highest BCUT2D eigenvalue weighted by Crippen LogP contribution is 2.07. The molecule has 0 fully saturated rings. The fraction of sp³-hybridized carbons (Fsp3) is 0.727. The summed E-state index contributed by atoms with van der Waals surface area (Å²) >= 11 is 0. The molecule has 74 valence electrons. The molecule has 0 aromatic rings. The highest BCUT2D eigenvalue weighted by atomic mass is 16.1. The van der Waals surface area contributed by atoms with Crippen LogP contribution < -0.4 is 5.32 Å². The molecule has 1 aliphatic heterocycles. The Balaban J connectivity index is 2.26. The molecule has 0 aromatic heterocycles. The molecule has 0 aromatic carbocycles. The molecule has 0 aliphatic carbocycles. The maximum atomic E-state index is 11.1. The maximum absolute atomic E-state index is 11.1. The average Bonchev–Trinajstić information content (AvgIpc) is 2.11. The molecule has 0 radical (unpaired) electrons. The van der Waals surface area contributed by atoms with E-state index in [0.29, 0.717) is 0 Å². The minimum absolute atomic E-state index is 0.0700. The molecule has 1 aliphatic rings. The smallest absolute Gasteiger partial charge is 0.243 e. The van der Waals surface area contributed by atoms with Gasteiger partial charge in [-0.3, -0.25) is 4.79 Å². The molecule has 1 N–H and O–H groups in total. The predicted molar refractivity (Wildman–Crippen MR) is 54.5 cm³/mol. The van der Waals surface area contributed by atoms with Gasteiger partial charge in [0, 0.05) is 6.54 Å². The first-order valence-corrected chi connectivity index (χ1v) is 5.34. The average molecular weight is 181 g/mol. The molecule has 1 amide bonds. The van der Waals surface area contributed by atoms with Gasteiger partial charge in [0.1, 0.15) is 0 Å². The molecule has 0 atom stereocenters. The molecule has 0 saturated carbocycles. The van der Waals surface area contributed by atoms with Crippen LogP contribution in [0.1, 0.15) is 44.9 Å². The minimum atomic E-state index is 0.0700. The normalized spacial score (nSPS) is 21.4. The summed E-state index contributed by atoms with van der Waals surface area (Å²) in [6.45, 7) is 0.836. The van der Waals surface area contributed by atoms with Crippen molar-refractivity contribution >= 4 is 5.91 Å². The Hall–Kier alpha value is -0.790. The van der Waals surface area contributed by atoms with Crippen LogP contribution >= 0.6 is 0 Å². The number of hydrogen-bond acceptors (Lipinski definition) is 1. The van der Waals surface area contributed by atoms with Crippen molar-refractivity contribution in [2.45, 2.75) is 44.9 Å². The van der Waals surface area contributed by atoms with Gasteiger partial charge in [-0.1, -0.05) is 31.8 Å². The van der Waals surface area contributed by atoms with Crippen molar-refractivity contribution in [2.75, 3.05) is 6.54 Å². The van der Waals surface area contributed by atoms with E-state index in [9.17, 15) is 4.79 Å². The van der Waals surface area contributed by atoms with Crippen molar-refractivity contribution in [3.05, 3.63) is 12.2 Å². The summed E-state index contributed by atoms with van der Waals surface area (Å²) in [6.07, 6.45) is 12.3. The third-order valence-electron chi connectivity index (χ3n) is 2.37. The van der Waals surface area contributed by atoms with Crippen LogP contribution in [0.5, 0.6) is 0 Å². The lowest BCUT2D eigenvalue weighted by atomic mass is 10.1. The summed E-state index contributed by atoms with van der Waals surface area (Å²) in [5.41, 5.74) is 0. The summed E-state index contributed by atoms with van der Waals surface area (Å²) in [5.74, 6) is 0.0700. The SMILES string of the molecule is O=C1C=CCCCCCCCCN1. The van der Waals surface area contributed by atoms with Crippen LogP contribution in [0.3, 0.4) is 0 Å². The van der Waals surface area contributed by atoms with Gasteiger partial charge in [0.05, 0.1) is 0 Å². The largest absolute Gasteiger partial charge is 0.353 e. The third-order valence-corrected chi connectivity index (χ3v) is 2.37. The van der Waals surface area contributed by atoms with E-state index < -0.39 is 0 Å². The Morgan fingerprint density at radius 1 is 1.00 bits per heavy atom.